The Bertz CT molecular complexity index is 486. The average molecular weight is 251 g/mol. The first kappa shape index (κ1) is 12.3. The van der Waals surface area contributed by atoms with E-state index in [4.69, 9.17) is 5.73 Å². The van der Waals surface area contributed by atoms with Crippen LogP contribution >= 0.6 is 0 Å². The maximum atomic E-state index is 13.8. The van der Waals surface area contributed by atoms with Crippen LogP contribution in [0.3, 0.4) is 0 Å². The van der Waals surface area contributed by atoms with Gasteiger partial charge in [-0.05, 0) is 25.3 Å². The number of hydrogen-bond acceptors (Lipinski definition) is 2. The molecule has 18 heavy (non-hydrogen) atoms. The van der Waals surface area contributed by atoms with Crippen LogP contribution in [0.4, 0.5) is 14.0 Å². The third kappa shape index (κ3) is 2.27. The van der Waals surface area contributed by atoms with Crippen molar-refractivity contribution in [3.63, 3.8) is 0 Å². The van der Waals surface area contributed by atoms with E-state index in [9.17, 15) is 14.0 Å². The fraction of sp³-hybridized carbons (Fsp3) is 0.333. The Morgan fingerprint density at radius 1 is 1.28 bits per heavy atom. The molecule has 1 fully saturated rings. The summed E-state index contributed by atoms with van der Waals surface area (Å²) in [4.78, 5) is 22.1. The van der Waals surface area contributed by atoms with E-state index in [2.05, 4.69) is 5.32 Å². The summed E-state index contributed by atoms with van der Waals surface area (Å²) >= 11 is 0. The van der Waals surface area contributed by atoms with Crippen molar-refractivity contribution >= 4 is 12.1 Å². The van der Waals surface area contributed by atoms with E-state index in [0.717, 1.165) is 6.42 Å². The first-order chi connectivity index (χ1) is 8.53. The van der Waals surface area contributed by atoms with Gasteiger partial charge >= 0.3 is 12.1 Å². The van der Waals surface area contributed by atoms with E-state index in [1.165, 1.54) is 6.07 Å². The number of urea groups is 2. The molecule has 0 bridgehead atoms. The fourth-order valence-corrected chi connectivity index (χ4v) is 2.20. The highest BCUT2D eigenvalue weighted by atomic mass is 19.1. The lowest BCUT2D eigenvalue weighted by atomic mass is 9.71. The van der Waals surface area contributed by atoms with E-state index < -0.39 is 17.6 Å². The number of hydrogen-bond donors (Lipinski definition) is 3. The molecule has 4 amide bonds. The van der Waals surface area contributed by atoms with Crippen molar-refractivity contribution in [1.29, 1.82) is 0 Å². The van der Waals surface area contributed by atoms with Crippen LogP contribution in [-0.4, -0.2) is 12.1 Å². The lowest BCUT2D eigenvalue weighted by molar-refractivity contribution is 0.173. The maximum Gasteiger partial charge on any atom is 0.323 e. The van der Waals surface area contributed by atoms with Crippen LogP contribution in [0.25, 0.3) is 0 Å². The lowest BCUT2D eigenvalue weighted by Gasteiger charge is -2.42. The second kappa shape index (κ2) is 4.64. The van der Waals surface area contributed by atoms with Crippen molar-refractivity contribution in [3.8, 4) is 0 Å². The number of benzene rings is 1. The third-order valence-electron chi connectivity index (χ3n) is 3.19. The molecule has 0 heterocycles. The molecule has 0 radical (unpaired) electrons. The number of carbonyl (C=O) groups is 2. The number of amides is 4. The topological polar surface area (TPSA) is 84.2 Å². The minimum atomic E-state index is -0.935. The quantitative estimate of drug-likeness (QED) is 0.745. The van der Waals surface area contributed by atoms with Gasteiger partial charge in [0.15, 0.2) is 0 Å². The van der Waals surface area contributed by atoms with Crippen LogP contribution in [0.1, 0.15) is 24.8 Å². The highest BCUT2D eigenvalue weighted by Gasteiger charge is 2.41. The SMILES string of the molecule is NC(=O)NC(=O)NC1(c2ccccc2F)CCC1. The third-order valence-corrected chi connectivity index (χ3v) is 3.19. The Morgan fingerprint density at radius 3 is 2.44 bits per heavy atom. The van der Waals surface area contributed by atoms with Gasteiger partial charge in [0, 0.05) is 5.56 Å². The minimum Gasteiger partial charge on any atom is -0.351 e. The molecular weight excluding hydrogens is 237 g/mol. The van der Waals surface area contributed by atoms with Gasteiger partial charge in [-0.2, -0.15) is 0 Å². The van der Waals surface area contributed by atoms with Gasteiger partial charge in [0.05, 0.1) is 5.54 Å². The van der Waals surface area contributed by atoms with E-state index >= 15 is 0 Å². The number of nitrogens with two attached hydrogens (primary N) is 1. The van der Waals surface area contributed by atoms with Crippen molar-refractivity contribution in [2.45, 2.75) is 24.8 Å². The lowest BCUT2D eigenvalue weighted by Crippen LogP contribution is -2.55. The summed E-state index contributed by atoms with van der Waals surface area (Å²) in [5, 5.41) is 4.55. The van der Waals surface area contributed by atoms with Gasteiger partial charge in [0.25, 0.3) is 0 Å². The van der Waals surface area contributed by atoms with Gasteiger partial charge in [-0.15, -0.1) is 0 Å². The van der Waals surface area contributed by atoms with Crippen LogP contribution in [0.5, 0.6) is 0 Å². The standard InChI is InChI=1S/C12H14FN3O2/c13-9-5-2-1-4-8(9)12(6-3-7-12)16-11(18)15-10(14)17/h1-2,4-5H,3,6-7H2,(H4,14,15,16,17,18). The van der Waals surface area contributed by atoms with Gasteiger partial charge in [0.2, 0.25) is 0 Å². The van der Waals surface area contributed by atoms with Crippen molar-refractivity contribution in [2.24, 2.45) is 5.73 Å². The number of carbonyl (C=O) groups excluding carboxylic acids is 2. The maximum absolute atomic E-state index is 13.8. The molecule has 5 nitrogen and oxygen atoms in total. The monoisotopic (exact) mass is 251 g/mol. The molecule has 1 saturated carbocycles. The zero-order chi connectivity index (χ0) is 13.2. The van der Waals surface area contributed by atoms with Crippen molar-refractivity contribution in [3.05, 3.63) is 35.6 Å². The molecule has 0 atom stereocenters. The number of primary amides is 1. The summed E-state index contributed by atoms with van der Waals surface area (Å²) in [5.41, 5.74) is 4.56. The summed E-state index contributed by atoms with van der Waals surface area (Å²) in [6.07, 6.45) is 2.17. The average Bonchev–Trinajstić information content (AvgIpc) is 2.23. The molecule has 1 aliphatic carbocycles. The molecule has 0 aromatic heterocycles. The Labute approximate surface area is 104 Å². The number of imide groups is 1. The first-order valence-electron chi connectivity index (χ1n) is 5.67. The van der Waals surface area contributed by atoms with E-state index in [1.54, 1.807) is 18.2 Å². The van der Waals surface area contributed by atoms with Crippen LogP contribution in [-0.2, 0) is 5.54 Å². The molecule has 0 unspecified atom stereocenters. The van der Waals surface area contributed by atoms with Crippen LogP contribution in [0, 0.1) is 5.82 Å². The molecule has 1 aliphatic rings. The molecule has 96 valence electrons. The van der Waals surface area contributed by atoms with E-state index in [0.29, 0.717) is 18.4 Å². The van der Waals surface area contributed by atoms with Gasteiger partial charge in [-0.3, -0.25) is 5.32 Å². The summed E-state index contributed by atoms with van der Waals surface area (Å²) in [6, 6.07) is 4.66. The van der Waals surface area contributed by atoms with E-state index in [-0.39, 0.29) is 5.82 Å². The Hall–Kier alpha value is -2.11. The molecule has 2 rings (SSSR count). The summed E-state index contributed by atoms with van der Waals surface area (Å²) in [7, 11) is 0. The fourth-order valence-electron chi connectivity index (χ4n) is 2.20. The summed E-state index contributed by atoms with van der Waals surface area (Å²) in [5.74, 6) is -0.364. The van der Waals surface area contributed by atoms with Crippen molar-refractivity contribution in [1.82, 2.24) is 10.6 Å². The number of halogens is 1. The molecule has 1 aromatic carbocycles. The second-order valence-corrected chi connectivity index (χ2v) is 4.36. The summed E-state index contributed by atoms with van der Waals surface area (Å²) in [6.45, 7) is 0. The normalized spacial score (nSPS) is 16.5. The molecule has 0 aliphatic heterocycles. The molecule has 4 N–H and O–H groups in total. The smallest absolute Gasteiger partial charge is 0.323 e. The minimum absolute atomic E-state index is 0.364. The molecule has 0 saturated heterocycles. The number of nitrogens with one attached hydrogen (secondary N) is 2. The largest absolute Gasteiger partial charge is 0.351 e. The zero-order valence-electron chi connectivity index (χ0n) is 9.70. The molecule has 1 aromatic rings. The van der Waals surface area contributed by atoms with Crippen molar-refractivity contribution < 1.29 is 14.0 Å². The van der Waals surface area contributed by atoms with Gasteiger partial charge in [-0.25, -0.2) is 14.0 Å². The Kier molecular flexibility index (Phi) is 3.18. The van der Waals surface area contributed by atoms with Gasteiger partial charge < -0.3 is 11.1 Å². The highest BCUT2D eigenvalue weighted by molar-refractivity contribution is 5.92. The Balaban J connectivity index is 2.19. The first-order valence-corrected chi connectivity index (χ1v) is 5.67. The second-order valence-electron chi connectivity index (χ2n) is 4.36. The van der Waals surface area contributed by atoms with E-state index in [1.807, 2.05) is 5.32 Å². The van der Waals surface area contributed by atoms with Gasteiger partial charge in [-0.1, -0.05) is 18.2 Å². The van der Waals surface area contributed by atoms with Crippen LogP contribution in [0.2, 0.25) is 0 Å². The summed E-state index contributed by atoms with van der Waals surface area (Å²) < 4.78 is 13.8. The highest BCUT2D eigenvalue weighted by Crippen LogP contribution is 2.42. The predicted octanol–water partition coefficient (Wildman–Crippen LogP) is 1.58. The van der Waals surface area contributed by atoms with Crippen LogP contribution in [0.15, 0.2) is 24.3 Å². The molecular formula is C12H14FN3O2. The van der Waals surface area contributed by atoms with Crippen molar-refractivity contribution in [2.75, 3.05) is 0 Å². The Morgan fingerprint density at radius 2 is 1.94 bits per heavy atom. The van der Waals surface area contributed by atoms with Crippen LogP contribution < -0.4 is 16.4 Å². The molecule has 6 heteroatoms. The number of rotatable bonds is 2. The zero-order valence-corrected chi connectivity index (χ0v) is 9.70. The molecule has 0 spiro atoms. The van der Waals surface area contributed by atoms with Gasteiger partial charge in [0.1, 0.15) is 5.82 Å². The predicted molar refractivity (Wildman–Crippen MR) is 63.2 cm³/mol.